The van der Waals surface area contributed by atoms with Crippen LogP contribution in [-0.2, 0) is 9.47 Å². The van der Waals surface area contributed by atoms with E-state index in [2.05, 4.69) is 32.3 Å². The largest absolute Gasteiger partial charge is 0.381 e. The van der Waals surface area contributed by atoms with E-state index in [1.54, 1.807) is 0 Å². The maximum Gasteiger partial charge on any atom is 0.191 e. The van der Waals surface area contributed by atoms with Crippen LogP contribution < -0.4 is 10.6 Å². The van der Waals surface area contributed by atoms with Crippen LogP contribution in [0.15, 0.2) is 4.99 Å². The summed E-state index contributed by atoms with van der Waals surface area (Å²) in [7, 11) is 1.87. The maximum absolute atomic E-state index is 5.51. The Hall–Kier alpha value is -0.890. The molecule has 0 saturated carbocycles. The first-order valence-corrected chi connectivity index (χ1v) is 10.8. The lowest BCUT2D eigenvalue weighted by atomic mass is 10.0. The number of hydrogen-bond donors (Lipinski definition) is 2. The summed E-state index contributed by atoms with van der Waals surface area (Å²) in [5.41, 5.74) is 0. The van der Waals surface area contributed by atoms with Crippen LogP contribution in [-0.4, -0.2) is 101 Å². The minimum Gasteiger partial charge on any atom is -0.381 e. The van der Waals surface area contributed by atoms with Crippen LogP contribution in [0.1, 0.15) is 26.2 Å². The highest BCUT2D eigenvalue weighted by Crippen LogP contribution is 2.17. The lowest BCUT2D eigenvalue weighted by molar-refractivity contribution is 0.0320. The smallest absolute Gasteiger partial charge is 0.191 e. The normalized spacial score (nSPS) is 27.6. The number of nitrogens with one attached hydrogen (secondary N) is 2. The summed E-state index contributed by atoms with van der Waals surface area (Å²) in [6.45, 7) is 13.7. The summed E-state index contributed by atoms with van der Waals surface area (Å²) in [6, 6.07) is 0.529. The van der Waals surface area contributed by atoms with Gasteiger partial charge in [0.25, 0.3) is 0 Å². The zero-order valence-corrected chi connectivity index (χ0v) is 17.3. The Labute approximate surface area is 164 Å². The molecule has 3 aliphatic heterocycles. The van der Waals surface area contributed by atoms with E-state index >= 15 is 0 Å². The Morgan fingerprint density at radius 3 is 2.48 bits per heavy atom. The summed E-state index contributed by atoms with van der Waals surface area (Å²) in [6.07, 6.45) is 3.62. The molecule has 2 unspecified atom stereocenters. The molecule has 156 valence electrons. The summed E-state index contributed by atoms with van der Waals surface area (Å²) >= 11 is 0. The van der Waals surface area contributed by atoms with Crippen LogP contribution in [0.25, 0.3) is 0 Å². The highest BCUT2D eigenvalue weighted by Gasteiger charge is 2.24. The third-order valence-electron chi connectivity index (χ3n) is 5.98. The maximum atomic E-state index is 5.51. The number of aliphatic imine (C=N–C) groups is 1. The van der Waals surface area contributed by atoms with Gasteiger partial charge >= 0.3 is 0 Å². The van der Waals surface area contributed by atoms with Crippen molar-refractivity contribution in [2.24, 2.45) is 16.8 Å². The SMILES string of the molecule is CN=C(NCC(C)CN1CCOCC1)NC1CCN(CC2CCOC2)CC1. The second-order valence-corrected chi connectivity index (χ2v) is 8.42. The molecule has 27 heavy (non-hydrogen) atoms. The van der Waals surface area contributed by atoms with E-state index in [0.29, 0.717) is 12.0 Å². The van der Waals surface area contributed by atoms with Gasteiger partial charge in [0.2, 0.25) is 0 Å². The topological polar surface area (TPSA) is 61.4 Å². The molecule has 2 N–H and O–H groups in total. The first-order valence-electron chi connectivity index (χ1n) is 10.8. The molecule has 3 aliphatic rings. The summed E-state index contributed by atoms with van der Waals surface area (Å²) < 4.78 is 10.9. The second-order valence-electron chi connectivity index (χ2n) is 8.42. The van der Waals surface area contributed by atoms with Gasteiger partial charge in [-0.2, -0.15) is 0 Å². The second kappa shape index (κ2) is 11.2. The Kier molecular flexibility index (Phi) is 8.64. The fourth-order valence-electron chi connectivity index (χ4n) is 4.30. The Bertz CT molecular complexity index is 442. The number of nitrogens with zero attached hydrogens (tertiary/aromatic N) is 3. The van der Waals surface area contributed by atoms with Crippen LogP contribution in [0.4, 0.5) is 0 Å². The minimum absolute atomic E-state index is 0.529. The number of guanidine groups is 1. The number of piperidine rings is 1. The molecule has 3 fully saturated rings. The van der Waals surface area contributed by atoms with Crippen molar-refractivity contribution in [3.8, 4) is 0 Å². The Morgan fingerprint density at radius 1 is 1.04 bits per heavy atom. The lowest BCUT2D eigenvalue weighted by Gasteiger charge is -2.34. The summed E-state index contributed by atoms with van der Waals surface area (Å²) in [5.74, 6) is 2.29. The van der Waals surface area contributed by atoms with E-state index in [4.69, 9.17) is 9.47 Å². The van der Waals surface area contributed by atoms with Gasteiger partial charge in [0.15, 0.2) is 5.96 Å². The Morgan fingerprint density at radius 2 is 1.81 bits per heavy atom. The molecule has 3 saturated heterocycles. The van der Waals surface area contributed by atoms with Gasteiger partial charge < -0.3 is 25.0 Å². The van der Waals surface area contributed by atoms with Crippen LogP contribution in [0.5, 0.6) is 0 Å². The van der Waals surface area contributed by atoms with Crippen molar-refractivity contribution in [3.63, 3.8) is 0 Å². The molecule has 7 nitrogen and oxygen atoms in total. The predicted octanol–water partition coefficient (Wildman–Crippen LogP) is 0.621. The average Bonchev–Trinajstić information content (AvgIpc) is 3.20. The molecule has 0 aromatic carbocycles. The average molecular weight is 382 g/mol. The number of ether oxygens (including phenoxy) is 2. The van der Waals surface area contributed by atoms with Crippen LogP contribution >= 0.6 is 0 Å². The fraction of sp³-hybridized carbons (Fsp3) is 0.950. The lowest BCUT2D eigenvalue weighted by Crippen LogP contribution is -2.50. The molecule has 3 rings (SSSR count). The molecule has 0 aromatic rings. The van der Waals surface area contributed by atoms with Gasteiger partial charge in [-0.1, -0.05) is 6.92 Å². The third kappa shape index (κ3) is 7.22. The molecule has 3 heterocycles. The summed E-state index contributed by atoms with van der Waals surface area (Å²) in [4.78, 5) is 9.54. The molecule has 0 spiro atoms. The van der Waals surface area contributed by atoms with Crippen molar-refractivity contribution in [2.75, 3.05) is 79.3 Å². The standard InChI is InChI=1S/C20H39N5O2/c1-17(14-25-8-11-26-12-9-25)13-22-20(21-2)23-19-3-6-24(7-4-19)15-18-5-10-27-16-18/h17-19H,3-16H2,1-2H3,(H2,21,22,23). The van der Waals surface area contributed by atoms with Crippen molar-refractivity contribution in [1.29, 1.82) is 0 Å². The van der Waals surface area contributed by atoms with Crippen LogP contribution in [0, 0.1) is 11.8 Å². The molecule has 0 bridgehead atoms. The first-order chi connectivity index (χ1) is 13.2. The van der Waals surface area contributed by atoms with Gasteiger partial charge in [-0.05, 0) is 31.1 Å². The van der Waals surface area contributed by atoms with Crippen molar-refractivity contribution >= 4 is 5.96 Å². The number of rotatable bonds is 7. The monoisotopic (exact) mass is 381 g/mol. The van der Waals surface area contributed by atoms with Gasteiger partial charge in [0, 0.05) is 65.5 Å². The number of likely N-dealkylation sites (tertiary alicyclic amines) is 1. The molecule has 0 amide bonds. The number of hydrogen-bond acceptors (Lipinski definition) is 5. The van der Waals surface area contributed by atoms with Gasteiger partial charge in [0.1, 0.15) is 0 Å². The van der Waals surface area contributed by atoms with Crippen LogP contribution in [0.2, 0.25) is 0 Å². The van der Waals surface area contributed by atoms with Gasteiger partial charge in [-0.3, -0.25) is 9.89 Å². The molecule has 0 aromatic heterocycles. The van der Waals surface area contributed by atoms with E-state index < -0.39 is 0 Å². The van der Waals surface area contributed by atoms with E-state index in [0.717, 1.165) is 64.5 Å². The number of morpholine rings is 1. The highest BCUT2D eigenvalue weighted by atomic mass is 16.5. The van der Waals surface area contributed by atoms with E-state index in [-0.39, 0.29) is 0 Å². The van der Waals surface area contributed by atoms with Crippen LogP contribution in [0.3, 0.4) is 0 Å². The predicted molar refractivity (Wildman–Crippen MR) is 109 cm³/mol. The molecule has 2 atom stereocenters. The Balaban J connectivity index is 1.30. The molecule has 0 radical (unpaired) electrons. The van der Waals surface area contributed by atoms with E-state index in [1.165, 1.54) is 38.9 Å². The molecule has 7 heteroatoms. The van der Waals surface area contributed by atoms with Crippen molar-refractivity contribution < 1.29 is 9.47 Å². The van der Waals surface area contributed by atoms with E-state index in [9.17, 15) is 0 Å². The zero-order chi connectivity index (χ0) is 18.9. The fourth-order valence-corrected chi connectivity index (χ4v) is 4.30. The highest BCUT2D eigenvalue weighted by molar-refractivity contribution is 5.79. The summed E-state index contributed by atoms with van der Waals surface area (Å²) in [5, 5.41) is 7.16. The first kappa shape index (κ1) is 20.8. The quantitative estimate of drug-likeness (QED) is 0.498. The van der Waals surface area contributed by atoms with E-state index in [1.807, 2.05) is 7.05 Å². The molecule has 0 aliphatic carbocycles. The minimum atomic E-state index is 0.529. The van der Waals surface area contributed by atoms with Crippen molar-refractivity contribution in [3.05, 3.63) is 0 Å². The third-order valence-corrected chi connectivity index (χ3v) is 5.98. The van der Waals surface area contributed by atoms with Crippen molar-refractivity contribution in [2.45, 2.75) is 32.2 Å². The zero-order valence-electron chi connectivity index (χ0n) is 17.3. The van der Waals surface area contributed by atoms with Crippen molar-refractivity contribution in [1.82, 2.24) is 20.4 Å². The molecular formula is C20H39N5O2. The van der Waals surface area contributed by atoms with Gasteiger partial charge in [-0.25, -0.2) is 0 Å². The van der Waals surface area contributed by atoms with Gasteiger partial charge in [0.05, 0.1) is 19.8 Å². The molecular weight excluding hydrogens is 342 g/mol. The van der Waals surface area contributed by atoms with Gasteiger partial charge in [-0.15, -0.1) is 0 Å².